The number of nitrogens with zero attached hydrogens (tertiary/aromatic N) is 2. The van der Waals surface area contributed by atoms with Crippen LogP contribution >= 0.6 is 0 Å². The highest BCUT2D eigenvalue weighted by Crippen LogP contribution is 2.30. The molecule has 160 valence electrons. The van der Waals surface area contributed by atoms with Crippen LogP contribution in [0.15, 0.2) is 59.4 Å². The fourth-order valence-electron chi connectivity index (χ4n) is 3.65. The largest absolute Gasteiger partial charge is 0.481 e. The molecule has 0 radical (unpaired) electrons. The van der Waals surface area contributed by atoms with Gasteiger partial charge in [0.1, 0.15) is 12.4 Å². The molecule has 0 aliphatic heterocycles. The molecule has 31 heavy (non-hydrogen) atoms. The Hall–Kier alpha value is -3.32. The molecule has 4 nitrogen and oxygen atoms in total. The van der Waals surface area contributed by atoms with E-state index in [0.717, 1.165) is 22.9 Å². The molecule has 0 aliphatic rings. The second kappa shape index (κ2) is 10.1. The Kier molecular flexibility index (Phi) is 7.31. The molecule has 0 fully saturated rings. The van der Waals surface area contributed by atoms with Crippen LogP contribution in [0.2, 0.25) is 0 Å². The molecule has 1 heterocycles. The van der Waals surface area contributed by atoms with Crippen molar-refractivity contribution in [2.24, 2.45) is 5.92 Å². The molecule has 2 aromatic carbocycles. The van der Waals surface area contributed by atoms with Gasteiger partial charge < -0.3 is 4.74 Å². The van der Waals surface area contributed by atoms with Gasteiger partial charge in [-0.25, -0.2) is 4.79 Å². The third kappa shape index (κ3) is 5.24. The molecule has 0 saturated heterocycles. The van der Waals surface area contributed by atoms with Gasteiger partial charge in [-0.2, -0.15) is 4.98 Å². The highest BCUT2D eigenvalue weighted by atomic mass is 16.5. The number of ether oxygens (including phenoxy) is 1. The summed E-state index contributed by atoms with van der Waals surface area (Å²) < 4.78 is 7.41. The molecule has 0 bridgehead atoms. The van der Waals surface area contributed by atoms with E-state index in [-0.39, 0.29) is 12.3 Å². The van der Waals surface area contributed by atoms with Gasteiger partial charge >= 0.3 is 5.69 Å². The Balaban J connectivity index is 2.15. The maximum Gasteiger partial charge on any atom is 0.348 e. The minimum Gasteiger partial charge on any atom is -0.481 e. The Morgan fingerprint density at radius 2 is 1.90 bits per heavy atom. The van der Waals surface area contributed by atoms with Crippen molar-refractivity contribution < 1.29 is 4.74 Å². The first-order valence-corrected chi connectivity index (χ1v) is 10.8. The smallest absolute Gasteiger partial charge is 0.348 e. The minimum atomic E-state index is -0.236. The number of hydrogen-bond donors (Lipinski definition) is 0. The van der Waals surface area contributed by atoms with Crippen LogP contribution in [0.4, 0.5) is 0 Å². The van der Waals surface area contributed by atoms with Crippen molar-refractivity contribution in [1.29, 1.82) is 0 Å². The number of rotatable bonds is 8. The second-order valence-electron chi connectivity index (χ2n) is 8.21. The van der Waals surface area contributed by atoms with Crippen LogP contribution < -0.4 is 10.4 Å². The van der Waals surface area contributed by atoms with E-state index in [1.54, 1.807) is 4.57 Å². The van der Waals surface area contributed by atoms with Crippen LogP contribution in [-0.2, 0) is 6.54 Å². The van der Waals surface area contributed by atoms with Crippen molar-refractivity contribution in [3.63, 3.8) is 0 Å². The van der Waals surface area contributed by atoms with Gasteiger partial charge in [0.25, 0.3) is 0 Å². The molecule has 0 spiro atoms. The monoisotopic (exact) mass is 414 g/mol. The summed E-state index contributed by atoms with van der Waals surface area (Å²) >= 11 is 0. The van der Waals surface area contributed by atoms with Crippen LogP contribution in [0, 0.1) is 18.3 Å². The van der Waals surface area contributed by atoms with Crippen molar-refractivity contribution in [3.8, 4) is 29.4 Å². The van der Waals surface area contributed by atoms with Crippen molar-refractivity contribution in [2.75, 3.05) is 6.61 Å². The number of terminal acetylenes is 1. The summed E-state index contributed by atoms with van der Waals surface area (Å²) in [6.45, 7) is 9.26. The lowest BCUT2D eigenvalue weighted by Crippen LogP contribution is -2.26. The minimum absolute atomic E-state index is 0.192. The summed E-state index contributed by atoms with van der Waals surface area (Å²) in [5, 5.41) is 0.879. The lowest BCUT2D eigenvalue weighted by molar-refractivity contribution is 0.371. The zero-order valence-corrected chi connectivity index (χ0v) is 18.8. The molecular weight excluding hydrogens is 384 g/mol. The molecule has 4 heteroatoms. The Labute approximate surface area is 184 Å². The zero-order valence-electron chi connectivity index (χ0n) is 18.8. The third-order valence-corrected chi connectivity index (χ3v) is 5.39. The summed E-state index contributed by atoms with van der Waals surface area (Å²) in [6, 6.07) is 14.0. The zero-order chi connectivity index (χ0) is 22.4. The molecule has 0 aliphatic carbocycles. The molecule has 1 unspecified atom stereocenters. The normalized spacial score (nSPS) is 12.4. The molecule has 0 saturated carbocycles. The van der Waals surface area contributed by atoms with E-state index in [0.29, 0.717) is 29.8 Å². The average Bonchev–Trinajstić information content (AvgIpc) is 2.77. The van der Waals surface area contributed by atoms with Gasteiger partial charge in [-0.15, -0.1) is 6.42 Å². The Bertz CT molecular complexity index is 1160. The highest BCUT2D eigenvalue weighted by Gasteiger charge is 2.15. The van der Waals surface area contributed by atoms with Crippen molar-refractivity contribution >= 4 is 10.9 Å². The van der Waals surface area contributed by atoms with Crippen molar-refractivity contribution in [1.82, 2.24) is 9.55 Å². The molecule has 1 atom stereocenters. The first-order chi connectivity index (χ1) is 14.9. The summed E-state index contributed by atoms with van der Waals surface area (Å²) in [5.74, 6) is 3.91. The molecule has 0 amide bonds. The number of benzene rings is 2. The maximum absolute atomic E-state index is 13.0. The molecule has 0 N–H and O–H groups in total. The average molecular weight is 415 g/mol. The SMILES string of the molecule is C#CCOc1ccc2c(c1)c(-c1ccc(C(C)C)cc1)nc(=O)n2CC(C)C/C=C/C. The number of hydrogen-bond acceptors (Lipinski definition) is 3. The van der Waals surface area contributed by atoms with Crippen LogP contribution in [0.5, 0.6) is 5.75 Å². The van der Waals surface area contributed by atoms with Crippen LogP contribution in [0.1, 0.15) is 45.6 Å². The lowest BCUT2D eigenvalue weighted by atomic mass is 9.99. The van der Waals surface area contributed by atoms with E-state index >= 15 is 0 Å². The molecular formula is C27H30N2O2. The molecule has 1 aromatic heterocycles. The predicted octanol–water partition coefficient (Wildman–Crippen LogP) is 5.80. The van der Waals surface area contributed by atoms with Gasteiger partial charge in [0.05, 0.1) is 11.2 Å². The first kappa shape index (κ1) is 22.4. The van der Waals surface area contributed by atoms with Crippen molar-refractivity contribution in [3.05, 3.63) is 70.7 Å². The van der Waals surface area contributed by atoms with Crippen molar-refractivity contribution in [2.45, 2.75) is 46.6 Å². The van der Waals surface area contributed by atoms with E-state index in [1.807, 2.05) is 43.3 Å². The first-order valence-electron chi connectivity index (χ1n) is 10.8. The fraction of sp³-hybridized carbons (Fsp3) is 0.333. The van der Waals surface area contributed by atoms with Gasteiger partial charge in [-0.1, -0.05) is 63.1 Å². The summed E-state index contributed by atoms with van der Waals surface area (Å²) in [5.41, 5.74) is 3.44. The molecule has 3 rings (SSSR count). The van der Waals surface area contributed by atoms with Crippen LogP contribution in [0.3, 0.4) is 0 Å². The van der Waals surface area contributed by atoms with E-state index in [2.05, 4.69) is 49.9 Å². The molecule has 3 aromatic rings. The van der Waals surface area contributed by atoms with Gasteiger partial charge in [-0.3, -0.25) is 4.57 Å². The highest BCUT2D eigenvalue weighted by molar-refractivity contribution is 5.93. The quantitative estimate of drug-likeness (QED) is 0.346. The third-order valence-electron chi connectivity index (χ3n) is 5.39. The van der Waals surface area contributed by atoms with Gasteiger partial charge in [0.2, 0.25) is 0 Å². The van der Waals surface area contributed by atoms with E-state index < -0.39 is 0 Å². The number of allylic oxidation sites excluding steroid dienone is 2. The number of fused-ring (bicyclic) bond motifs is 1. The van der Waals surface area contributed by atoms with Gasteiger partial charge in [0, 0.05) is 17.5 Å². The van der Waals surface area contributed by atoms with Crippen LogP contribution in [-0.4, -0.2) is 16.2 Å². The van der Waals surface area contributed by atoms with Crippen LogP contribution in [0.25, 0.3) is 22.2 Å². The number of aromatic nitrogens is 2. The predicted molar refractivity (Wildman–Crippen MR) is 128 cm³/mol. The van der Waals surface area contributed by atoms with E-state index in [1.165, 1.54) is 5.56 Å². The van der Waals surface area contributed by atoms with Gasteiger partial charge in [-0.05, 0) is 48.9 Å². The van der Waals surface area contributed by atoms with E-state index in [4.69, 9.17) is 11.2 Å². The standard InChI is InChI=1S/C27H30N2O2/c1-6-8-9-20(5)18-29-25-15-14-23(31-16-7-2)17-24(25)26(28-27(29)30)22-12-10-21(11-13-22)19(3)4/h2,6,8,10-15,17,19-20H,9,16,18H2,1,3-5H3/b8-6+. The Morgan fingerprint density at radius 1 is 1.16 bits per heavy atom. The maximum atomic E-state index is 13.0. The second-order valence-corrected chi connectivity index (χ2v) is 8.21. The lowest BCUT2D eigenvalue weighted by Gasteiger charge is -2.17. The topological polar surface area (TPSA) is 44.1 Å². The summed E-state index contributed by atoms with van der Waals surface area (Å²) in [4.78, 5) is 17.5. The Morgan fingerprint density at radius 3 is 2.55 bits per heavy atom. The van der Waals surface area contributed by atoms with E-state index in [9.17, 15) is 4.79 Å². The van der Waals surface area contributed by atoms with Gasteiger partial charge in [0.15, 0.2) is 0 Å². The summed E-state index contributed by atoms with van der Waals surface area (Å²) in [6.07, 6.45) is 10.4. The summed E-state index contributed by atoms with van der Waals surface area (Å²) in [7, 11) is 0. The fourth-order valence-corrected chi connectivity index (χ4v) is 3.65.